The van der Waals surface area contributed by atoms with Crippen molar-refractivity contribution in [2.75, 3.05) is 6.61 Å². The maximum absolute atomic E-state index is 11.7. The minimum atomic E-state index is -0.249. The average molecular weight is 228 g/mol. The van der Waals surface area contributed by atoms with E-state index in [1.54, 1.807) is 24.3 Å². The molecule has 2 N–H and O–H groups in total. The Labute approximate surface area is 94.1 Å². The van der Waals surface area contributed by atoms with Crippen molar-refractivity contribution >= 4 is 17.5 Å². The summed E-state index contributed by atoms with van der Waals surface area (Å²) < 4.78 is 0. The van der Waals surface area contributed by atoms with Gasteiger partial charge in [-0.2, -0.15) is 0 Å². The summed E-state index contributed by atoms with van der Waals surface area (Å²) in [5.41, 5.74) is 0.436. The van der Waals surface area contributed by atoms with Crippen LogP contribution >= 0.6 is 11.6 Å². The van der Waals surface area contributed by atoms with Crippen LogP contribution in [0.2, 0.25) is 5.02 Å². The van der Waals surface area contributed by atoms with Gasteiger partial charge in [-0.3, -0.25) is 4.79 Å². The van der Waals surface area contributed by atoms with E-state index in [1.807, 2.05) is 6.92 Å². The molecular weight excluding hydrogens is 214 g/mol. The van der Waals surface area contributed by atoms with E-state index in [0.717, 1.165) is 0 Å². The van der Waals surface area contributed by atoms with Gasteiger partial charge in [-0.05, 0) is 18.6 Å². The molecule has 0 aliphatic heterocycles. The molecule has 0 spiro atoms. The maximum atomic E-state index is 11.7. The summed E-state index contributed by atoms with van der Waals surface area (Å²) in [4.78, 5) is 11.7. The molecule has 1 unspecified atom stereocenters. The predicted octanol–water partition coefficient (Wildman–Crippen LogP) is 1.84. The highest BCUT2D eigenvalue weighted by Crippen LogP contribution is 2.14. The van der Waals surface area contributed by atoms with Crippen LogP contribution in [-0.4, -0.2) is 23.7 Å². The van der Waals surface area contributed by atoms with E-state index in [0.29, 0.717) is 17.0 Å². The lowest BCUT2D eigenvalue weighted by Gasteiger charge is -2.14. The van der Waals surface area contributed by atoms with E-state index >= 15 is 0 Å². The zero-order valence-electron chi connectivity index (χ0n) is 8.53. The number of hydrogen-bond donors (Lipinski definition) is 2. The van der Waals surface area contributed by atoms with Crippen molar-refractivity contribution in [3.05, 3.63) is 34.9 Å². The number of rotatable bonds is 4. The van der Waals surface area contributed by atoms with Crippen LogP contribution in [0.4, 0.5) is 0 Å². The van der Waals surface area contributed by atoms with E-state index in [1.165, 1.54) is 0 Å². The third-order valence-electron chi connectivity index (χ3n) is 2.17. The maximum Gasteiger partial charge on any atom is 0.253 e. The zero-order valence-corrected chi connectivity index (χ0v) is 9.29. The van der Waals surface area contributed by atoms with Crippen molar-refractivity contribution in [3.63, 3.8) is 0 Å². The van der Waals surface area contributed by atoms with E-state index in [4.69, 9.17) is 16.7 Å². The Morgan fingerprint density at radius 2 is 2.20 bits per heavy atom. The SMILES string of the molecule is CCC(CO)NC(=O)c1ccccc1Cl. The van der Waals surface area contributed by atoms with Crippen LogP contribution in [0.1, 0.15) is 23.7 Å². The van der Waals surface area contributed by atoms with Gasteiger partial charge in [0.1, 0.15) is 0 Å². The fraction of sp³-hybridized carbons (Fsp3) is 0.364. The summed E-state index contributed by atoms with van der Waals surface area (Å²) in [5, 5.41) is 12.1. The van der Waals surface area contributed by atoms with Crippen LogP contribution in [0.5, 0.6) is 0 Å². The fourth-order valence-electron chi connectivity index (χ4n) is 1.19. The first-order valence-corrected chi connectivity index (χ1v) is 5.23. The number of halogens is 1. The number of hydrogen-bond acceptors (Lipinski definition) is 2. The first-order chi connectivity index (χ1) is 7.19. The highest BCUT2D eigenvalue weighted by Gasteiger charge is 2.13. The normalized spacial score (nSPS) is 12.2. The first kappa shape index (κ1) is 12.0. The van der Waals surface area contributed by atoms with Gasteiger partial charge in [0.2, 0.25) is 0 Å². The summed E-state index contributed by atoms with van der Waals surface area (Å²) in [6, 6.07) is 6.62. The van der Waals surface area contributed by atoms with Gasteiger partial charge in [0.05, 0.1) is 23.2 Å². The van der Waals surface area contributed by atoms with Gasteiger partial charge in [0.25, 0.3) is 5.91 Å². The van der Waals surface area contributed by atoms with Gasteiger partial charge in [-0.1, -0.05) is 30.7 Å². The number of amides is 1. The Morgan fingerprint density at radius 1 is 1.53 bits per heavy atom. The predicted molar refractivity (Wildman–Crippen MR) is 60.1 cm³/mol. The largest absolute Gasteiger partial charge is 0.394 e. The molecular formula is C11H14ClNO2. The van der Waals surface area contributed by atoms with Crippen LogP contribution in [0.25, 0.3) is 0 Å². The molecule has 15 heavy (non-hydrogen) atoms. The quantitative estimate of drug-likeness (QED) is 0.825. The number of nitrogens with one attached hydrogen (secondary N) is 1. The van der Waals surface area contributed by atoms with Crippen molar-refractivity contribution in [1.29, 1.82) is 0 Å². The number of aliphatic hydroxyl groups is 1. The summed E-state index contributed by atoms with van der Waals surface area (Å²) in [5.74, 6) is -0.249. The average Bonchev–Trinajstić information content (AvgIpc) is 2.26. The second-order valence-electron chi connectivity index (χ2n) is 3.24. The second-order valence-corrected chi connectivity index (χ2v) is 3.65. The molecule has 0 aromatic heterocycles. The van der Waals surface area contributed by atoms with Gasteiger partial charge >= 0.3 is 0 Å². The molecule has 0 heterocycles. The number of benzene rings is 1. The van der Waals surface area contributed by atoms with Gasteiger partial charge in [0, 0.05) is 0 Å². The first-order valence-electron chi connectivity index (χ1n) is 4.85. The topological polar surface area (TPSA) is 49.3 Å². The molecule has 1 rings (SSSR count). The number of carbonyl (C=O) groups is 1. The third-order valence-corrected chi connectivity index (χ3v) is 2.50. The molecule has 4 heteroatoms. The molecule has 1 atom stereocenters. The molecule has 0 fully saturated rings. The van der Waals surface area contributed by atoms with Crippen LogP contribution < -0.4 is 5.32 Å². The Bertz CT molecular complexity index is 337. The van der Waals surface area contributed by atoms with Crippen molar-refractivity contribution < 1.29 is 9.90 Å². The lowest BCUT2D eigenvalue weighted by atomic mass is 10.2. The minimum Gasteiger partial charge on any atom is -0.394 e. The van der Waals surface area contributed by atoms with Crippen LogP contribution in [0.15, 0.2) is 24.3 Å². The zero-order chi connectivity index (χ0) is 11.3. The van der Waals surface area contributed by atoms with Crippen LogP contribution in [0, 0.1) is 0 Å². The summed E-state index contributed by atoms with van der Waals surface area (Å²) in [6.07, 6.45) is 0.687. The van der Waals surface area contributed by atoms with E-state index < -0.39 is 0 Å². The molecule has 0 bridgehead atoms. The lowest BCUT2D eigenvalue weighted by molar-refractivity contribution is 0.0915. The van der Waals surface area contributed by atoms with E-state index in [2.05, 4.69) is 5.32 Å². The standard InChI is InChI=1S/C11H14ClNO2/c1-2-8(7-14)13-11(15)9-5-3-4-6-10(9)12/h3-6,8,14H,2,7H2,1H3,(H,13,15). The Balaban J connectivity index is 2.73. The smallest absolute Gasteiger partial charge is 0.253 e. The molecule has 0 aliphatic carbocycles. The van der Waals surface area contributed by atoms with Gasteiger partial charge in [0.15, 0.2) is 0 Å². The van der Waals surface area contributed by atoms with Crippen LogP contribution in [0.3, 0.4) is 0 Å². The fourth-order valence-corrected chi connectivity index (χ4v) is 1.41. The molecule has 1 amide bonds. The molecule has 0 saturated heterocycles. The molecule has 0 saturated carbocycles. The Hall–Kier alpha value is -1.06. The minimum absolute atomic E-state index is 0.0628. The molecule has 82 valence electrons. The van der Waals surface area contributed by atoms with Gasteiger partial charge in [-0.25, -0.2) is 0 Å². The van der Waals surface area contributed by atoms with Crippen molar-refractivity contribution in [2.45, 2.75) is 19.4 Å². The molecule has 0 radical (unpaired) electrons. The van der Waals surface area contributed by atoms with E-state index in [9.17, 15) is 4.79 Å². The lowest BCUT2D eigenvalue weighted by Crippen LogP contribution is -2.37. The van der Waals surface area contributed by atoms with Crippen LogP contribution in [-0.2, 0) is 0 Å². The highest BCUT2D eigenvalue weighted by atomic mass is 35.5. The molecule has 3 nitrogen and oxygen atoms in total. The number of aliphatic hydroxyl groups excluding tert-OH is 1. The highest BCUT2D eigenvalue weighted by molar-refractivity contribution is 6.33. The third kappa shape index (κ3) is 3.22. The van der Waals surface area contributed by atoms with Crippen molar-refractivity contribution in [3.8, 4) is 0 Å². The summed E-state index contributed by atoms with van der Waals surface area (Å²) in [6.45, 7) is 1.83. The summed E-state index contributed by atoms with van der Waals surface area (Å²) >= 11 is 5.87. The molecule has 1 aromatic carbocycles. The monoisotopic (exact) mass is 227 g/mol. The van der Waals surface area contributed by atoms with Gasteiger partial charge < -0.3 is 10.4 Å². The Morgan fingerprint density at radius 3 is 2.73 bits per heavy atom. The molecule has 1 aromatic rings. The van der Waals surface area contributed by atoms with E-state index in [-0.39, 0.29) is 18.6 Å². The van der Waals surface area contributed by atoms with Gasteiger partial charge in [-0.15, -0.1) is 0 Å². The Kier molecular flexibility index (Phi) is 4.59. The number of carbonyl (C=O) groups excluding carboxylic acids is 1. The van der Waals surface area contributed by atoms with Crippen molar-refractivity contribution in [1.82, 2.24) is 5.32 Å². The molecule has 0 aliphatic rings. The van der Waals surface area contributed by atoms with Crippen molar-refractivity contribution in [2.24, 2.45) is 0 Å². The second kappa shape index (κ2) is 5.73. The summed E-state index contributed by atoms with van der Waals surface area (Å²) in [7, 11) is 0.